The van der Waals surface area contributed by atoms with E-state index in [0.717, 1.165) is 32.7 Å². The van der Waals surface area contributed by atoms with Gasteiger partial charge in [-0.05, 0) is 64.8 Å². The Bertz CT molecular complexity index is 447. The van der Waals surface area contributed by atoms with Gasteiger partial charge in [-0.15, -0.1) is 6.58 Å². The maximum absolute atomic E-state index is 12.2. The Morgan fingerprint density at radius 3 is 2.73 bits per heavy atom. The molecule has 2 rings (SSSR count). The monoisotopic (exact) mass is 366 g/mol. The molecule has 0 radical (unpaired) electrons. The van der Waals surface area contributed by atoms with Gasteiger partial charge in [0, 0.05) is 19.1 Å². The Hall–Kier alpha value is -1.07. The lowest BCUT2D eigenvalue weighted by Gasteiger charge is -2.39. The molecular weight excluding hydrogens is 328 g/mol. The van der Waals surface area contributed by atoms with Crippen LogP contribution >= 0.6 is 0 Å². The molecule has 1 saturated carbocycles. The summed E-state index contributed by atoms with van der Waals surface area (Å²) in [7, 11) is 0. The van der Waals surface area contributed by atoms with Crippen LogP contribution in [0.3, 0.4) is 0 Å². The number of carbonyl (C=O) groups is 1. The maximum atomic E-state index is 12.2. The van der Waals surface area contributed by atoms with E-state index in [2.05, 4.69) is 16.8 Å². The van der Waals surface area contributed by atoms with Crippen LogP contribution in [0, 0.1) is 11.8 Å². The number of carbonyl (C=O) groups excluding carboxylic acids is 1. The second kappa shape index (κ2) is 10.3. The molecule has 0 unspecified atom stereocenters. The molecule has 1 aliphatic heterocycles. The lowest BCUT2D eigenvalue weighted by molar-refractivity contribution is 0.0414. The summed E-state index contributed by atoms with van der Waals surface area (Å²) >= 11 is 0. The van der Waals surface area contributed by atoms with E-state index in [1.54, 1.807) is 0 Å². The molecule has 0 aromatic heterocycles. The number of likely N-dealkylation sites (tertiary alicyclic amines) is 1. The summed E-state index contributed by atoms with van der Waals surface area (Å²) in [6.45, 7) is 14.2. The number of nitrogens with zero attached hydrogens (tertiary/aromatic N) is 1. The Morgan fingerprint density at radius 2 is 2.00 bits per heavy atom. The zero-order valence-electron chi connectivity index (χ0n) is 17.0. The molecule has 1 heterocycles. The topological polar surface area (TPSA) is 50.8 Å². The average Bonchev–Trinajstić information content (AvgIpc) is 2.56. The highest BCUT2D eigenvalue weighted by molar-refractivity contribution is 5.68. The lowest BCUT2D eigenvalue weighted by atomic mass is 9.83. The summed E-state index contributed by atoms with van der Waals surface area (Å²) in [5.41, 5.74) is -0.445. The smallest absolute Gasteiger partial charge is 0.407 e. The van der Waals surface area contributed by atoms with Crippen LogP contribution < -0.4 is 5.32 Å². The third kappa shape index (κ3) is 7.67. The summed E-state index contributed by atoms with van der Waals surface area (Å²) in [6, 6.07) is 0.232. The van der Waals surface area contributed by atoms with Crippen molar-refractivity contribution in [1.29, 1.82) is 0 Å². The molecule has 3 atom stereocenters. The number of nitrogens with one attached hydrogen (secondary N) is 1. The van der Waals surface area contributed by atoms with Gasteiger partial charge in [0.25, 0.3) is 0 Å². The summed E-state index contributed by atoms with van der Waals surface area (Å²) in [5.74, 6) is 1.13. The first-order chi connectivity index (χ1) is 12.4. The molecule has 26 heavy (non-hydrogen) atoms. The highest BCUT2D eigenvalue weighted by Gasteiger charge is 2.31. The van der Waals surface area contributed by atoms with Gasteiger partial charge in [-0.1, -0.05) is 18.9 Å². The number of ether oxygens (including phenoxy) is 2. The van der Waals surface area contributed by atoms with Crippen molar-refractivity contribution in [2.45, 2.75) is 70.9 Å². The minimum absolute atomic E-state index is 0.232. The summed E-state index contributed by atoms with van der Waals surface area (Å²) in [4.78, 5) is 14.8. The van der Waals surface area contributed by atoms with Crippen molar-refractivity contribution in [3.8, 4) is 0 Å². The van der Waals surface area contributed by atoms with Crippen molar-refractivity contribution >= 4 is 6.09 Å². The van der Waals surface area contributed by atoms with Crippen LogP contribution in [0.4, 0.5) is 4.79 Å². The van der Waals surface area contributed by atoms with Crippen LogP contribution in [0.1, 0.15) is 59.3 Å². The number of alkyl carbamates (subject to hydrolysis) is 1. The van der Waals surface area contributed by atoms with E-state index in [1.807, 2.05) is 26.8 Å². The van der Waals surface area contributed by atoms with Crippen LogP contribution in [0.5, 0.6) is 0 Å². The average molecular weight is 367 g/mol. The van der Waals surface area contributed by atoms with E-state index in [1.165, 1.54) is 32.1 Å². The fraction of sp³-hybridized carbons (Fsp3) is 0.857. The molecule has 0 bridgehead atoms. The summed E-state index contributed by atoms with van der Waals surface area (Å²) in [5, 5.41) is 3.14. The Labute approximate surface area is 159 Å². The first-order valence-corrected chi connectivity index (χ1v) is 10.3. The van der Waals surface area contributed by atoms with Crippen molar-refractivity contribution in [1.82, 2.24) is 10.2 Å². The van der Waals surface area contributed by atoms with E-state index in [9.17, 15) is 4.79 Å². The molecule has 0 spiro atoms. The minimum Gasteiger partial charge on any atom is -0.444 e. The van der Waals surface area contributed by atoms with Gasteiger partial charge in [0.2, 0.25) is 0 Å². The zero-order chi connectivity index (χ0) is 19.0. The molecular formula is C21H38N2O3. The molecule has 150 valence electrons. The highest BCUT2D eigenvalue weighted by Crippen LogP contribution is 2.27. The van der Waals surface area contributed by atoms with Gasteiger partial charge in [-0.3, -0.25) is 0 Å². The molecule has 1 amide bonds. The van der Waals surface area contributed by atoms with E-state index >= 15 is 0 Å². The normalized spacial score (nSPS) is 27.7. The molecule has 2 fully saturated rings. The Morgan fingerprint density at radius 1 is 1.23 bits per heavy atom. The molecule has 2 aliphatic rings. The zero-order valence-corrected chi connectivity index (χ0v) is 17.0. The largest absolute Gasteiger partial charge is 0.444 e. The number of rotatable bonds is 7. The first kappa shape index (κ1) is 21.2. The predicted octanol–water partition coefficient (Wildman–Crippen LogP) is 3.98. The van der Waals surface area contributed by atoms with Gasteiger partial charge in [-0.2, -0.15) is 0 Å². The number of piperidine rings is 1. The van der Waals surface area contributed by atoms with Crippen LogP contribution in [0.2, 0.25) is 0 Å². The fourth-order valence-electron chi connectivity index (χ4n) is 4.18. The molecule has 1 N–H and O–H groups in total. The van der Waals surface area contributed by atoms with Gasteiger partial charge in [0.05, 0.1) is 13.2 Å². The van der Waals surface area contributed by atoms with E-state index in [-0.39, 0.29) is 12.1 Å². The van der Waals surface area contributed by atoms with Gasteiger partial charge in [-0.25, -0.2) is 4.79 Å². The molecule has 5 heteroatoms. The quantitative estimate of drug-likeness (QED) is 0.547. The number of amides is 1. The van der Waals surface area contributed by atoms with Gasteiger partial charge in [0.1, 0.15) is 5.60 Å². The second-order valence-electron chi connectivity index (χ2n) is 8.89. The number of hydrogen-bond donors (Lipinski definition) is 1. The maximum Gasteiger partial charge on any atom is 0.407 e. The van der Waals surface area contributed by atoms with Crippen LogP contribution in [-0.2, 0) is 9.47 Å². The fourth-order valence-corrected chi connectivity index (χ4v) is 4.18. The highest BCUT2D eigenvalue weighted by atomic mass is 16.6. The summed E-state index contributed by atoms with van der Waals surface area (Å²) < 4.78 is 11.1. The minimum atomic E-state index is -0.445. The van der Waals surface area contributed by atoms with Crippen molar-refractivity contribution < 1.29 is 14.3 Å². The van der Waals surface area contributed by atoms with Crippen LogP contribution in [-0.4, -0.2) is 55.5 Å². The molecule has 0 aromatic carbocycles. The predicted molar refractivity (Wildman–Crippen MR) is 105 cm³/mol. The van der Waals surface area contributed by atoms with Crippen molar-refractivity contribution in [3.63, 3.8) is 0 Å². The van der Waals surface area contributed by atoms with Gasteiger partial charge in [0.15, 0.2) is 0 Å². The first-order valence-electron chi connectivity index (χ1n) is 10.3. The molecule has 1 aliphatic carbocycles. The Balaban J connectivity index is 1.82. The molecule has 0 aromatic rings. The van der Waals surface area contributed by atoms with Crippen molar-refractivity contribution in [2.24, 2.45) is 11.8 Å². The second-order valence-corrected chi connectivity index (χ2v) is 8.89. The van der Waals surface area contributed by atoms with E-state index in [0.29, 0.717) is 18.4 Å². The third-order valence-corrected chi connectivity index (χ3v) is 5.30. The van der Waals surface area contributed by atoms with E-state index in [4.69, 9.17) is 9.47 Å². The van der Waals surface area contributed by atoms with Crippen molar-refractivity contribution in [3.05, 3.63) is 12.7 Å². The van der Waals surface area contributed by atoms with E-state index < -0.39 is 5.60 Å². The lowest BCUT2D eigenvalue weighted by Crippen LogP contribution is -2.49. The number of hydrogen-bond acceptors (Lipinski definition) is 4. The van der Waals surface area contributed by atoms with Crippen molar-refractivity contribution in [2.75, 3.05) is 32.8 Å². The molecule has 5 nitrogen and oxygen atoms in total. The van der Waals surface area contributed by atoms with Crippen LogP contribution in [0.15, 0.2) is 12.7 Å². The van der Waals surface area contributed by atoms with Gasteiger partial charge < -0.3 is 19.7 Å². The standard InChI is InChI=1S/C21H38N2O3/c1-5-13-25-16-17-9-8-12-23(14-17)15-18-10-6-7-11-19(18)22-20(24)26-21(2,3)4/h5,17-19H,1,6-16H2,2-4H3,(H,22,24)/t17-,18+,19-/m1/s1. The SMILES string of the molecule is C=CCOC[C@@H]1CCCN(C[C@@H]2CCCC[C@H]2NC(=O)OC(C)(C)C)C1. The molecule has 1 saturated heterocycles. The summed E-state index contributed by atoms with van der Waals surface area (Å²) in [6.07, 6.45) is 8.72. The van der Waals surface area contributed by atoms with Gasteiger partial charge >= 0.3 is 6.09 Å². The Kier molecular flexibility index (Phi) is 8.42. The van der Waals surface area contributed by atoms with Crippen LogP contribution in [0.25, 0.3) is 0 Å². The third-order valence-electron chi connectivity index (χ3n) is 5.30.